The molecule has 0 radical (unpaired) electrons. The SMILES string of the molecule is Cc1cccc(CN(C)C(=O)c2ccc3ncccc3c2)c1F. The van der Waals surface area contributed by atoms with Crippen molar-refractivity contribution in [3.8, 4) is 0 Å². The number of aryl methyl sites for hydroxylation is 1. The number of nitrogens with zero attached hydrogens (tertiary/aromatic N) is 2. The molecule has 0 saturated heterocycles. The molecule has 0 unspecified atom stereocenters. The van der Waals surface area contributed by atoms with Gasteiger partial charge in [0.15, 0.2) is 0 Å². The van der Waals surface area contributed by atoms with Crippen LogP contribution in [0.2, 0.25) is 0 Å². The van der Waals surface area contributed by atoms with Gasteiger partial charge in [0.1, 0.15) is 5.82 Å². The Labute approximate surface area is 134 Å². The maximum atomic E-state index is 14.1. The van der Waals surface area contributed by atoms with Crippen LogP contribution in [0.1, 0.15) is 21.5 Å². The third kappa shape index (κ3) is 3.06. The quantitative estimate of drug-likeness (QED) is 0.734. The van der Waals surface area contributed by atoms with Gasteiger partial charge >= 0.3 is 0 Å². The van der Waals surface area contributed by atoms with Crippen LogP contribution in [0, 0.1) is 12.7 Å². The number of hydrogen-bond acceptors (Lipinski definition) is 2. The van der Waals surface area contributed by atoms with Gasteiger partial charge in [-0.15, -0.1) is 0 Å². The van der Waals surface area contributed by atoms with Crippen molar-refractivity contribution in [1.82, 2.24) is 9.88 Å². The van der Waals surface area contributed by atoms with Crippen molar-refractivity contribution in [2.75, 3.05) is 7.05 Å². The maximum Gasteiger partial charge on any atom is 0.253 e. The van der Waals surface area contributed by atoms with Crippen molar-refractivity contribution in [2.45, 2.75) is 13.5 Å². The topological polar surface area (TPSA) is 33.2 Å². The van der Waals surface area contributed by atoms with Crippen LogP contribution in [0.25, 0.3) is 10.9 Å². The summed E-state index contributed by atoms with van der Waals surface area (Å²) in [6, 6.07) is 14.4. The van der Waals surface area contributed by atoms with E-state index in [1.54, 1.807) is 44.4 Å². The molecule has 0 spiro atoms. The lowest BCUT2D eigenvalue weighted by molar-refractivity contribution is 0.0784. The lowest BCUT2D eigenvalue weighted by atomic mass is 10.1. The van der Waals surface area contributed by atoms with Gasteiger partial charge in [-0.3, -0.25) is 9.78 Å². The first-order valence-electron chi connectivity index (χ1n) is 7.40. The van der Waals surface area contributed by atoms with Crippen molar-refractivity contribution in [3.05, 3.63) is 77.2 Å². The first kappa shape index (κ1) is 15.2. The highest BCUT2D eigenvalue weighted by atomic mass is 19.1. The highest BCUT2D eigenvalue weighted by Crippen LogP contribution is 2.17. The lowest BCUT2D eigenvalue weighted by Gasteiger charge is -2.18. The number of rotatable bonds is 3. The Balaban J connectivity index is 1.84. The highest BCUT2D eigenvalue weighted by Gasteiger charge is 2.15. The monoisotopic (exact) mass is 308 g/mol. The van der Waals surface area contributed by atoms with Crippen LogP contribution in [0.3, 0.4) is 0 Å². The number of aromatic nitrogens is 1. The number of benzene rings is 2. The van der Waals surface area contributed by atoms with Crippen LogP contribution in [0.4, 0.5) is 4.39 Å². The van der Waals surface area contributed by atoms with E-state index < -0.39 is 0 Å². The molecule has 3 rings (SSSR count). The van der Waals surface area contributed by atoms with E-state index in [4.69, 9.17) is 0 Å². The average molecular weight is 308 g/mol. The zero-order chi connectivity index (χ0) is 16.4. The van der Waals surface area contributed by atoms with E-state index >= 15 is 0 Å². The third-order valence-electron chi connectivity index (χ3n) is 3.88. The Morgan fingerprint density at radius 1 is 1.17 bits per heavy atom. The van der Waals surface area contributed by atoms with Crippen LogP contribution in [0.15, 0.2) is 54.7 Å². The van der Waals surface area contributed by atoms with E-state index in [0.29, 0.717) is 16.7 Å². The van der Waals surface area contributed by atoms with Gasteiger partial charge in [0.05, 0.1) is 5.52 Å². The molecule has 116 valence electrons. The molecule has 3 nitrogen and oxygen atoms in total. The number of halogens is 1. The predicted molar refractivity (Wildman–Crippen MR) is 88.7 cm³/mol. The average Bonchev–Trinajstić information content (AvgIpc) is 2.57. The zero-order valence-corrected chi connectivity index (χ0v) is 13.1. The predicted octanol–water partition coefficient (Wildman–Crippen LogP) is 3.95. The summed E-state index contributed by atoms with van der Waals surface area (Å²) in [6.45, 7) is 1.95. The molecule has 0 aliphatic carbocycles. The number of carbonyl (C=O) groups is 1. The fourth-order valence-electron chi connectivity index (χ4n) is 2.59. The van der Waals surface area contributed by atoms with E-state index in [2.05, 4.69) is 4.98 Å². The van der Waals surface area contributed by atoms with Gasteiger partial charge < -0.3 is 4.90 Å². The number of hydrogen-bond donors (Lipinski definition) is 0. The smallest absolute Gasteiger partial charge is 0.253 e. The Kier molecular flexibility index (Phi) is 4.06. The van der Waals surface area contributed by atoms with Gasteiger partial charge in [-0.25, -0.2) is 4.39 Å². The molecule has 0 aliphatic rings. The highest BCUT2D eigenvalue weighted by molar-refractivity contribution is 5.97. The zero-order valence-electron chi connectivity index (χ0n) is 13.1. The maximum absolute atomic E-state index is 14.1. The number of fused-ring (bicyclic) bond motifs is 1. The van der Waals surface area contributed by atoms with Gasteiger partial charge in [-0.1, -0.05) is 24.3 Å². The van der Waals surface area contributed by atoms with Crippen LogP contribution >= 0.6 is 0 Å². The van der Waals surface area contributed by atoms with Crippen molar-refractivity contribution in [1.29, 1.82) is 0 Å². The fraction of sp³-hybridized carbons (Fsp3) is 0.158. The molecule has 0 saturated carbocycles. The molecule has 0 N–H and O–H groups in total. The molecule has 0 bridgehead atoms. The minimum Gasteiger partial charge on any atom is -0.337 e. The summed E-state index contributed by atoms with van der Waals surface area (Å²) < 4.78 is 14.1. The normalized spacial score (nSPS) is 10.7. The summed E-state index contributed by atoms with van der Waals surface area (Å²) in [5.41, 5.74) is 2.51. The Morgan fingerprint density at radius 3 is 2.83 bits per heavy atom. The van der Waals surface area contributed by atoms with Crippen LogP contribution < -0.4 is 0 Å². The lowest BCUT2D eigenvalue weighted by Crippen LogP contribution is -2.26. The van der Waals surface area contributed by atoms with Crippen molar-refractivity contribution < 1.29 is 9.18 Å². The second-order valence-corrected chi connectivity index (χ2v) is 5.62. The van der Waals surface area contributed by atoms with Crippen LogP contribution in [0.5, 0.6) is 0 Å². The molecule has 1 aromatic heterocycles. The van der Waals surface area contributed by atoms with Gasteiger partial charge in [-0.05, 0) is 36.8 Å². The van der Waals surface area contributed by atoms with Crippen LogP contribution in [-0.4, -0.2) is 22.8 Å². The molecule has 1 amide bonds. The second-order valence-electron chi connectivity index (χ2n) is 5.62. The summed E-state index contributed by atoms with van der Waals surface area (Å²) in [6.07, 6.45) is 1.72. The van der Waals surface area contributed by atoms with Crippen molar-refractivity contribution >= 4 is 16.8 Å². The molecular formula is C19H17FN2O. The first-order chi connectivity index (χ1) is 11.1. The fourth-order valence-corrected chi connectivity index (χ4v) is 2.59. The first-order valence-corrected chi connectivity index (χ1v) is 7.40. The van der Waals surface area contributed by atoms with E-state index in [-0.39, 0.29) is 18.3 Å². The second kappa shape index (κ2) is 6.16. The van der Waals surface area contributed by atoms with Gasteiger partial charge in [0, 0.05) is 36.3 Å². The van der Waals surface area contributed by atoms with Gasteiger partial charge in [-0.2, -0.15) is 0 Å². The summed E-state index contributed by atoms with van der Waals surface area (Å²) in [4.78, 5) is 18.3. The summed E-state index contributed by atoms with van der Waals surface area (Å²) in [7, 11) is 1.68. The van der Waals surface area contributed by atoms with Gasteiger partial charge in [0.2, 0.25) is 0 Å². The molecular weight excluding hydrogens is 291 g/mol. The molecule has 4 heteroatoms. The van der Waals surface area contributed by atoms with Crippen molar-refractivity contribution in [2.24, 2.45) is 0 Å². The Morgan fingerprint density at radius 2 is 2.00 bits per heavy atom. The summed E-state index contributed by atoms with van der Waals surface area (Å²) in [5, 5.41) is 0.911. The third-order valence-corrected chi connectivity index (χ3v) is 3.88. The van der Waals surface area contributed by atoms with E-state index in [9.17, 15) is 9.18 Å². The molecule has 0 aliphatic heterocycles. The summed E-state index contributed by atoms with van der Waals surface area (Å²) in [5.74, 6) is -0.397. The number of pyridine rings is 1. The molecule has 2 aromatic carbocycles. The van der Waals surface area contributed by atoms with E-state index in [1.807, 2.05) is 24.3 Å². The van der Waals surface area contributed by atoms with Crippen LogP contribution in [-0.2, 0) is 6.54 Å². The standard InChI is InChI=1S/C19H17FN2O/c1-13-5-3-6-16(18(13)20)12-22(2)19(23)15-8-9-17-14(11-15)7-4-10-21-17/h3-11H,12H2,1-2H3. The van der Waals surface area contributed by atoms with Gasteiger partial charge in [0.25, 0.3) is 5.91 Å². The number of amides is 1. The Hall–Kier alpha value is -2.75. The molecule has 0 atom stereocenters. The minimum atomic E-state index is -0.255. The molecule has 0 fully saturated rings. The molecule has 3 aromatic rings. The van der Waals surface area contributed by atoms with E-state index in [1.165, 1.54) is 4.90 Å². The summed E-state index contributed by atoms with van der Waals surface area (Å²) >= 11 is 0. The van der Waals surface area contributed by atoms with Crippen molar-refractivity contribution in [3.63, 3.8) is 0 Å². The largest absolute Gasteiger partial charge is 0.337 e. The Bertz CT molecular complexity index is 876. The molecule has 23 heavy (non-hydrogen) atoms. The minimum absolute atomic E-state index is 0.142. The molecule has 1 heterocycles. The number of carbonyl (C=O) groups excluding carboxylic acids is 1. The van der Waals surface area contributed by atoms with E-state index in [0.717, 1.165) is 10.9 Å².